The van der Waals surface area contributed by atoms with Crippen molar-refractivity contribution in [1.82, 2.24) is 9.88 Å². The number of halogens is 2. The fourth-order valence-corrected chi connectivity index (χ4v) is 2.62. The molecule has 1 aromatic rings. The molecule has 1 saturated heterocycles. The summed E-state index contributed by atoms with van der Waals surface area (Å²) in [5.41, 5.74) is -0.00411. The number of anilines is 1. The van der Waals surface area contributed by atoms with Crippen LogP contribution in [0.5, 0.6) is 0 Å². The van der Waals surface area contributed by atoms with Gasteiger partial charge in [-0.25, -0.2) is 18.6 Å². The summed E-state index contributed by atoms with van der Waals surface area (Å²) in [6.45, 7) is 3.43. The Morgan fingerprint density at radius 3 is 2.86 bits per heavy atom. The van der Waals surface area contributed by atoms with Crippen LogP contribution in [0, 0.1) is 0 Å². The molecule has 2 heterocycles. The molecule has 7 heteroatoms. The molecule has 1 aliphatic rings. The standard InChI is InChI=1S/C14H19F2N3O2/c1-2-10-8-19(7-6-18(10)9-12(15)16)13-5-3-4-11(17-13)14(20)21/h3-5,10,12H,2,6-9H2,1H3,(H,20,21). The summed E-state index contributed by atoms with van der Waals surface area (Å²) in [6, 6.07) is 4.87. The third-order valence-corrected chi connectivity index (χ3v) is 3.73. The first-order valence-corrected chi connectivity index (χ1v) is 6.98. The minimum Gasteiger partial charge on any atom is -0.477 e. The zero-order valence-corrected chi connectivity index (χ0v) is 11.9. The van der Waals surface area contributed by atoms with Gasteiger partial charge in [-0.3, -0.25) is 4.90 Å². The second-order valence-corrected chi connectivity index (χ2v) is 5.08. The molecule has 0 aromatic carbocycles. The van der Waals surface area contributed by atoms with Crippen LogP contribution in [0.4, 0.5) is 14.6 Å². The smallest absolute Gasteiger partial charge is 0.354 e. The zero-order chi connectivity index (χ0) is 15.4. The molecule has 0 amide bonds. The van der Waals surface area contributed by atoms with Crippen LogP contribution < -0.4 is 4.90 Å². The monoisotopic (exact) mass is 299 g/mol. The van der Waals surface area contributed by atoms with E-state index in [0.717, 1.165) is 6.42 Å². The van der Waals surface area contributed by atoms with Crippen LogP contribution >= 0.6 is 0 Å². The lowest BCUT2D eigenvalue weighted by molar-refractivity contribution is 0.0585. The van der Waals surface area contributed by atoms with Gasteiger partial charge in [0.05, 0.1) is 6.54 Å². The summed E-state index contributed by atoms with van der Waals surface area (Å²) in [5.74, 6) is -0.481. The number of carboxylic acid groups (broad SMARTS) is 1. The Bertz CT molecular complexity index is 499. The summed E-state index contributed by atoms with van der Waals surface area (Å²) in [5, 5.41) is 8.97. The Balaban J connectivity index is 2.09. The first-order valence-electron chi connectivity index (χ1n) is 6.98. The van der Waals surface area contributed by atoms with Crippen LogP contribution in [0.15, 0.2) is 18.2 Å². The molecule has 1 aliphatic heterocycles. The molecule has 1 unspecified atom stereocenters. The fraction of sp³-hybridized carbons (Fsp3) is 0.571. The van der Waals surface area contributed by atoms with E-state index < -0.39 is 12.4 Å². The van der Waals surface area contributed by atoms with Crippen LogP contribution in [-0.2, 0) is 0 Å². The predicted octanol–water partition coefficient (Wildman–Crippen LogP) is 1.95. The maximum absolute atomic E-state index is 12.6. The number of alkyl halides is 2. The summed E-state index contributed by atoms with van der Waals surface area (Å²) in [7, 11) is 0. The quantitative estimate of drug-likeness (QED) is 0.900. The van der Waals surface area contributed by atoms with Crippen molar-refractivity contribution in [1.29, 1.82) is 0 Å². The first-order chi connectivity index (χ1) is 10.0. The van der Waals surface area contributed by atoms with Crippen molar-refractivity contribution in [3.05, 3.63) is 23.9 Å². The van der Waals surface area contributed by atoms with E-state index in [4.69, 9.17) is 5.11 Å². The highest BCUT2D eigenvalue weighted by Crippen LogP contribution is 2.20. The zero-order valence-electron chi connectivity index (χ0n) is 11.9. The van der Waals surface area contributed by atoms with E-state index in [1.54, 1.807) is 17.0 Å². The molecular formula is C14H19F2N3O2. The third kappa shape index (κ3) is 3.87. The molecule has 0 spiro atoms. The molecule has 0 saturated carbocycles. The van der Waals surface area contributed by atoms with Gasteiger partial charge in [-0.2, -0.15) is 0 Å². The van der Waals surface area contributed by atoms with E-state index in [2.05, 4.69) is 4.98 Å². The fourth-order valence-electron chi connectivity index (χ4n) is 2.62. The minimum atomic E-state index is -2.33. The largest absolute Gasteiger partial charge is 0.477 e. The lowest BCUT2D eigenvalue weighted by atomic mass is 10.1. The molecule has 0 bridgehead atoms. The number of nitrogens with zero attached hydrogens (tertiary/aromatic N) is 3. The Morgan fingerprint density at radius 1 is 1.48 bits per heavy atom. The van der Waals surface area contributed by atoms with Gasteiger partial charge < -0.3 is 10.0 Å². The summed E-state index contributed by atoms with van der Waals surface area (Å²) < 4.78 is 25.1. The first kappa shape index (κ1) is 15.6. The number of aromatic carboxylic acids is 1. The van der Waals surface area contributed by atoms with Gasteiger partial charge in [-0.1, -0.05) is 13.0 Å². The lowest BCUT2D eigenvalue weighted by Crippen LogP contribution is -2.54. The van der Waals surface area contributed by atoms with Crippen LogP contribution in [0.1, 0.15) is 23.8 Å². The minimum absolute atomic E-state index is 0.00411. The number of rotatable bonds is 5. The van der Waals surface area contributed by atoms with E-state index in [9.17, 15) is 13.6 Å². The molecular weight excluding hydrogens is 280 g/mol. The van der Waals surface area contributed by atoms with Gasteiger partial charge in [-0.15, -0.1) is 0 Å². The highest BCUT2D eigenvalue weighted by atomic mass is 19.3. The van der Waals surface area contributed by atoms with Crippen molar-refractivity contribution in [2.45, 2.75) is 25.8 Å². The number of hydrogen-bond acceptors (Lipinski definition) is 4. The molecule has 1 aromatic heterocycles. The van der Waals surface area contributed by atoms with Crippen LogP contribution in [-0.4, -0.2) is 59.6 Å². The predicted molar refractivity (Wildman–Crippen MR) is 75.1 cm³/mol. The summed E-state index contributed by atoms with van der Waals surface area (Å²) in [6.07, 6.45) is -1.57. The molecule has 21 heavy (non-hydrogen) atoms. The van der Waals surface area contributed by atoms with Crippen molar-refractivity contribution < 1.29 is 18.7 Å². The van der Waals surface area contributed by atoms with E-state index >= 15 is 0 Å². The summed E-state index contributed by atoms with van der Waals surface area (Å²) in [4.78, 5) is 18.8. The molecule has 0 aliphatic carbocycles. The number of aromatic nitrogens is 1. The maximum atomic E-state index is 12.6. The SMILES string of the molecule is CCC1CN(c2cccc(C(=O)O)n2)CCN1CC(F)F. The highest BCUT2D eigenvalue weighted by molar-refractivity contribution is 5.85. The number of hydrogen-bond donors (Lipinski definition) is 1. The molecule has 1 atom stereocenters. The van der Waals surface area contributed by atoms with E-state index in [-0.39, 0.29) is 18.3 Å². The molecule has 0 radical (unpaired) electrons. The average molecular weight is 299 g/mol. The highest BCUT2D eigenvalue weighted by Gasteiger charge is 2.28. The van der Waals surface area contributed by atoms with Crippen molar-refractivity contribution in [3.8, 4) is 0 Å². The number of piperazine rings is 1. The Kier molecular flexibility index (Phi) is 5.06. The Morgan fingerprint density at radius 2 is 2.24 bits per heavy atom. The van der Waals surface area contributed by atoms with E-state index in [0.29, 0.717) is 25.5 Å². The molecule has 116 valence electrons. The average Bonchev–Trinajstić information content (AvgIpc) is 2.47. The van der Waals surface area contributed by atoms with Crippen molar-refractivity contribution in [2.75, 3.05) is 31.1 Å². The third-order valence-electron chi connectivity index (χ3n) is 3.73. The summed E-state index contributed by atoms with van der Waals surface area (Å²) >= 11 is 0. The van der Waals surface area contributed by atoms with Crippen molar-refractivity contribution >= 4 is 11.8 Å². The topological polar surface area (TPSA) is 56.7 Å². The molecule has 5 nitrogen and oxygen atoms in total. The van der Waals surface area contributed by atoms with Gasteiger partial charge in [0.25, 0.3) is 6.43 Å². The molecule has 2 rings (SSSR count). The van der Waals surface area contributed by atoms with E-state index in [1.165, 1.54) is 6.07 Å². The number of pyridine rings is 1. The Hall–Kier alpha value is -1.76. The normalized spacial score (nSPS) is 20.0. The second-order valence-electron chi connectivity index (χ2n) is 5.08. The van der Waals surface area contributed by atoms with Gasteiger partial charge in [0.15, 0.2) is 5.69 Å². The van der Waals surface area contributed by atoms with Crippen LogP contribution in [0.25, 0.3) is 0 Å². The van der Waals surface area contributed by atoms with Crippen molar-refractivity contribution in [3.63, 3.8) is 0 Å². The lowest BCUT2D eigenvalue weighted by Gasteiger charge is -2.41. The van der Waals surface area contributed by atoms with Crippen molar-refractivity contribution in [2.24, 2.45) is 0 Å². The Labute approximate surface area is 122 Å². The van der Waals surface area contributed by atoms with Gasteiger partial charge in [0.2, 0.25) is 0 Å². The number of carbonyl (C=O) groups is 1. The van der Waals surface area contributed by atoms with Gasteiger partial charge in [0, 0.05) is 25.7 Å². The van der Waals surface area contributed by atoms with Gasteiger partial charge in [-0.05, 0) is 18.6 Å². The molecule has 1 fully saturated rings. The van der Waals surface area contributed by atoms with Crippen LogP contribution in [0.2, 0.25) is 0 Å². The van der Waals surface area contributed by atoms with Gasteiger partial charge in [0.1, 0.15) is 5.82 Å². The van der Waals surface area contributed by atoms with Crippen LogP contribution in [0.3, 0.4) is 0 Å². The molecule has 1 N–H and O–H groups in total. The maximum Gasteiger partial charge on any atom is 0.354 e. The van der Waals surface area contributed by atoms with Gasteiger partial charge >= 0.3 is 5.97 Å². The van der Waals surface area contributed by atoms with E-state index in [1.807, 2.05) is 11.8 Å². The second kappa shape index (κ2) is 6.80. The number of carboxylic acids is 1.